The van der Waals surface area contributed by atoms with Crippen LogP contribution in [-0.4, -0.2) is 16.3 Å². The second-order valence-corrected chi connectivity index (χ2v) is 6.39. The van der Waals surface area contributed by atoms with Crippen molar-refractivity contribution in [1.82, 2.24) is 15.1 Å². The van der Waals surface area contributed by atoms with E-state index in [1.807, 2.05) is 16.8 Å². The molecule has 1 unspecified atom stereocenters. The molecule has 0 bridgehead atoms. The second kappa shape index (κ2) is 6.75. The van der Waals surface area contributed by atoms with Gasteiger partial charge in [0.1, 0.15) is 0 Å². The Hall–Kier alpha value is -0.550. The molecule has 0 aromatic carbocycles. The lowest BCUT2D eigenvalue weighted by Crippen LogP contribution is -2.24. The van der Waals surface area contributed by atoms with Gasteiger partial charge in [0.2, 0.25) is 0 Å². The summed E-state index contributed by atoms with van der Waals surface area (Å²) in [6, 6.07) is 4.00. The predicted octanol–water partition coefficient (Wildman–Crippen LogP) is 4.36. The summed E-state index contributed by atoms with van der Waals surface area (Å²) in [6.07, 6.45) is 2.74. The highest BCUT2D eigenvalue weighted by Crippen LogP contribution is 2.34. The predicted molar refractivity (Wildman–Crippen MR) is 82.4 cm³/mol. The fourth-order valence-electron chi connectivity index (χ4n) is 2.07. The zero-order valence-electron chi connectivity index (χ0n) is 11.0. The van der Waals surface area contributed by atoms with E-state index in [0.29, 0.717) is 5.02 Å². The minimum absolute atomic E-state index is 0.0454. The van der Waals surface area contributed by atoms with Crippen molar-refractivity contribution in [3.05, 3.63) is 38.3 Å². The lowest BCUT2D eigenvalue weighted by Gasteiger charge is -2.18. The second-order valence-electron chi connectivity index (χ2n) is 4.23. The van der Waals surface area contributed by atoms with Crippen molar-refractivity contribution in [3.63, 3.8) is 0 Å². The summed E-state index contributed by atoms with van der Waals surface area (Å²) in [4.78, 5) is 1.16. The molecule has 1 atom stereocenters. The highest BCUT2D eigenvalue weighted by molar-refractivity contribution is 7.16. The molecule has 0 radical (unpaired) electrons. The number of aromatic nitrogens is 2. The van der Waals surface area contributed by atoms with E-state index in [0.717, 1.165) is 34.4 Å². The third-order valence-corrected chi connectivity index (χ3v) is 4.42. The quantitative estimate of drug-likeness (QED) is 0.857. The van der Waals surface area contributed by atoms with Crippen molar-refractivity contribution in [2.24, 2.45) is 0 Å². The molecule has 3 nitrogen and oxygen atoms in total. The van der Waals surface area contributed by atoms with Crippen molar-refractivity contribution in [2.45, 2.75) is 32.9 Å². The molecule has 2 heterocycles. The number of halogens is 2. The first-order valence-corrected chi connectivity index (χ1v) is 7.94. The highest BCUT2D eigenvalue weighted by atomic mass is 35.5. The van der Waals surface area contributed by atoms with Crippen LogP contribution in [0.15, 0.2) is 18.3 Å². The van der Waals surface area contributed by atoms with Crippen LogP contribution in [-0.2, 0) is 6.54 Å². The molecule has 0 fully saturated rings. The number of nitrogens with one attached hydrogen (secondary N) is 1. The number of hydrogen-bond donors (Lipinski definition) is 1. The standard InChI is InChI=1S/C13H17Cl2N3S/c1-3-7-18-13(9(14)8-17-18)12(16-4-2)10-5-6-11(15)19-10/h5-6,8,12,16H,3-4,7H2,1-2H3. The van der Waals surface area contributed by atoms with Gasteiger partial charge in [-0.15, -0.1) is 11.3 Å². The average molecular weight is 318 g/mol. The van der Waals surface area contributed by atoms with Crippen LogP contribution in [0.4, 0.5) is 0 Å². The Morgan fingerprint density at radius 2 is 2.16 bits per heavy atom. The summed E-state index contributed by atoms with van der Waals surface area (Å²) in [5, 5.41) is 8.52. The van der Waals surface area contributed by atoms with Crippen LogP contribution in [0.1, 0.15) is 36.9 Å². The lowest BCUT2D eigenvalue weighted by atomic mass is 10.1. The van der Waals surface area contributed by atoms with Gasteiger partial charge >= 0.3 is 0 Å². The van der Waals surface area contributed by atoms with Crippen molar-refractivity contribution >= 4 is 34.5 Å². The molecule has 6 heteroatoms. The van der Waals surface area contributed by atoms with Gasteiger partial charge in [-0.3, -0.25) is 4.68 Å². The topological polar surface area (TPSA) is 29.9 Å². The van der Waals surface area contributed by atoms with Crippen molar-refractivity contribution < 1.29 is 0 Å². The SMILES string of the molecule is CCCn1ncc(Cl)c1C(NCC)c1ccc(Cl)s1. The first-order valence-electron chi connectivity index (χ1n) is 6.37. The van der Waals surface area contributed by atoms with Gasteiger partial charge in [-0.25, -0.2) is 0 Å². The van der Waals surface area contributed by atoms with Gasteiger partial charge in [0, 0.05) is 11.4 Å². The van der Waals surface area contributed by atoms with Crippen LogP contribution >= 0.6 is 34.5 Å². The van der Waals surface area contributed by atoms with E-state index in [2.05, 4.69) is 24.3 Å². The fourth-order valence-corrected chi connectivity index (χ4v) is 3.46. The number of nitrogens with zero attached hydrogens (tertiary/aromatic N) is 2. The Morgan fingerprint density at radius 1 is 1.37 bits per heavy atom. The molecule has 0 aliphatic heterocycles. The Bertz CT molecular complexity index is 536. The number of hydrogen-bond acceptors (Lipinski definition) is 3. The van der Waals surface area contributed by atoms with Gasteiger partial charge in [0.15, 0.2) is 0 Å². The van der Waals surface area contributed by atoms with E-state index < -0.39 is 0 Å². The Balaban J connectivity index is 2.41. The van der Waals surface area contributed by atoms with Crippen LogP contribution in [0.2, 0.25) is 9.36 Å². The highest BCUT2D eigenvalue weighted by Gasteiger charge is 2.22. The third kappa shape index (κ3) is 3.31. The van der Waals surface area contributed by atoms with Crippen molar-refractivity contribution in [3.8, 4) is 0 Å². The molecule has 104 valence electrons. The average Bonchev–Trinajstić information content (AvgIpc) is 2.95. The molecule has 0 saturated carbocycles. The third-order valence-electron chi connectivity index (χ3n) is 2.83. The van der Waals surface area contributed by atoms with E-state index in [1.54, 1.807) is 17.5 Å². The minimum atomic E-state index is 0.0454. The number of rotatable bonds is 6. The Morgan fingerprint density at radius 3 is 2.74 bits per heavy atom. The maximum Gasteiger partial charge on any atom is 0.0931 e. The van der Waals surface area contributed by atoms with E-state index in [1.165, 1.54) is 0 Å². The molecule has 0 amide bonds. The molecule has 19 heavy (non-hydrogen) atoms. The normalized spacial score (nSPS) is 12.8. The largest absolute Gasteiger partial charge is 0.305 e. The fraction of sp³-hybridized carbons (Fsp3) is 0.462. The van der Waals surface area contributed by atoms with Crippen LogP contribution in [0.25, 0.3) is 0 Å². The molecule has 0 saturated heterocycles. The van der Waals surface area contributed by atoms with Crippen molar-refractivity contribution in [1.29, 1.82) is 0 Å². The summed E-state index contributed by atoms with van der Waals surface area (Å²) >= 11 is 13.9. The van der Waals surface area contributed by atoms with Crippen LogP contribution < -0.4 is 5.32 Å². The van der Waals surface area contributed by atoms with Gasteiger partial charge in [-0.1, -0.05) is 37.0 Å². The van der Waals surface area contributed by atoms with E-state index >= 15 is 0 Å². The van der Waals surface area contributed by atoms with Gasteiger partial charge in [0.25, 0.3) is 0 Å². The Labute approximate surface area is 127 Å². The monoisotopic (exact) mass is 317 g/mol. The first-order chi connectivity index (χ1) is 9.17. The first kappa shape index (κ1) is 14.9. The maximum atomic E-state index is 6.32. The molecular weight excluding hydrogens is 301 g/mol. The van der Waals surface area contributed by atoms with E-state index in [-0.39, 0.29) is 6.04 Å². The van der Waals surface area contributed by atoms with E-state index in [4.69, 9.17) is 23.2 Å². The summed E-state index contributed by atoms with van der Waals surface area (Å²) in [5.74, 6) is 0. The van der Waals surface area contributed by atoms with Gasteiger partial charge in [0.05, 0.1) is 27.3 Å². The molecular formula is C13H17Cl2N3S. The maximum absolute atomic E-state index is 6.32. The molecule has 0 spiro atoms. The molecule has 2 rings (SSSR count). The van der Waals surface area contributed by atoms with Gasteiger partial charge < -0.3 is 5.32 Å². The minimum Gasteiger partial charge on any atom is -0.305 e. The molecule has 0 aliphatic carbocycles. The van der Waals surface area contributed by atoms with Crippen LogP contribution in [0, 0.1) is 0 Å². The van der Waals surface area contributed by atoms with Crippen LogP contribution in [0.5, 0.6) is 0 Å². The molecule has 2 aromatic heterocycles. The summed E-state index contributed by atoms with van der Waals surface area (Å²) in [7, 11) is 0. The zero-order valence-corrected chi connectivity index (χ0v) is 13.3. The zero-order chi connectivity index (χ0) is 13.8. The number of thiophene rings is 1. The molecule has 0 aliphatic rings. The summed E-state index contributed by atoms with van der Waals surface area (Å²) < 4.78 is 2.76. The van der Waals surface area contributed by atoms with Crippen molar-refractivity contribution in [2.75, 3.05) is 6.54 Å². The van der Waals surface area contributed by atoms with Gasteiger partial charge in [-0.05, 0) is 25.1 Å². The lowest BCUT2D eigenvalue weighted by molar-refractivity contribution is 0.524. The van der Waals surface area contributed by atoms with E-state index in [9.17, 15) is 0 Å². The smallest absolute Gasteiger partial charge is 0.0931 e. The molecule has 1 N–H and O–H groups in total. The summed E-state index contributed by atoms with van der Waals surface area (Å²) in [5.41, 5.74) is 1.02. The summed E-state index contributed by atoms with van der Waals surface area (Å²) in [6.45, 7) is 5.93. The van der Waals surface area contributed by atoms with Gasteiger partial charge in [-0.2, -0.15) is 5.10 Å². The Kier molecular flexibility index (Phi) is 5.28. The number of aryl methyl sites for hydroxylation is 1. The molecule has 2 aromatic rings. The van der Waals surface area contributed by atoms with Crippen LogP contribution in [0.3, 0.4) is 0 Å².